The second kappa shape index (κ2) is 7.32. The van der Waals surface area contributed by atoms with Gasteiger partial charge in [0, 0.05) is 5.56 Å². The largest absolute Gasteiger partial charge is 0.492 e. The summed E-state index contributed by atoms with van der Waals surface area (Å²) >= 11 is 0. The molecular weight excluding hydrogens is 298 g/mol. The van der Waals surface area contributed by atoms with Crippen molar-refractivity contribution in [3.63, 3.8) is 0 Å². The molecule has 0 unspecified atom stereocenters. The molecule has 1 aromatic heterocycles. The Kier molecular flexibility index (Phi) is 5.21. The Morgan fingerprint density at radius 2 is 2.00 bits per heavy atom. The molecule has 0 saturated carbocycles. The number of aliphatic hydroxyl groups is 1. The molecule has 1 aromatic carbocycles. The quantitative estimate of drug-likeness (QED) is 0.479. The molecule has 0 saturated heterocycles. The summed E-state index contributed by atoms with van der Waals surface area (Å²) in [6.07, 6.45) is 0. The van der Waals surface area contributed by atoms with Crippen molar-refractivity contribution in [2.75, 3.05) is 6.61 Å². The van der Waals surface area contributed by atoms with E-state index in [4.69, 9.17) is 31.5 Å². The third-order valence-corrected chi connectivity index (χ3v) is 2.84. The number of aliphatic hydroxyl groups excluding tert-OH is 1. The van der Waals surface area contributed by atoms with E-state index in [0.717, 1.165) is 5.56 Å². The van der Waals surface area contributed by atoms with Gasteiger partial charge >= 0.3 is 0 Å². The number of aliphatic imine (C=N–C) groups is 2. The third kappa shape index (κ3) is 4.24. The second-order valence-corrected chi connectivity index (χ2v) is 4.55. The maximum atomic E-state index is 9.08. The number of ether oxygens (including phenoxy) is 1. The Hall–Kier alpha value is -3.00. The van der Waals surface area contributed by atoms with E-state index in [1.165, 1.54) is 0 Å². The third-order valence-electron chi connectivity index (χ3n) is 2.84. The van der Waals surface area contributed by atoms with Gasteiger partial charge in [-0.3, -0.25) is 0 Å². The van der Waals surface area contributed by atoms with Gasteiger partial charge in [-0.1, -0.05) is 0 Å². The average Bonchev–Trinajstić information content (AvgIpc) is 2.97. The predicted octanol–water partition coefficient (Wildman–Crippen LogP) is 1.06. The van der Waals surface area contributed by atoms with Gasteiger partial charge in [0.25, 0.3) is 0 Å². The van der Waals surface area contributed by atoms with Crippen LogP contribution in [-0.4, -0.2) is 23.6 Å². The maximum Gasteiger partial charge on any atom is 0.223 e. The molecule has 0 amide bonds. The number of guanidine groups is 2. The summed E-state index contributed by atoms with van der Waals surface area (Å²) in [5, 5.41) is 9.08. The molecule has 8 heteroatoms. The van der Waals surface area contributed by atoms with Crippen molar-refractivity contribution in [3.8, 4) is 17.1 Å². The summed E-state index contributed by atoms with van der Waals surface area (Å²) in [5.74, 6) is 1.34. The highest BCUT2D eigenvalue weighted by Crippen LogP contribution is 2.33. The molecule has 23 heavy (non-hydrogen) atoms. The van der Waals surface area contributed by atoms with Gasteiger partial charge in [0.15, 0.2) is 5.96 Å². The molecule has 2 rings (SSSR count). The number of hydrogen-bond acceptors (Lipinski definition) is 4. The second-order valence-electron chi connectivity index (χ2n) is 4.55. The Morgan fingerprint density at radius 1 is 1.22 bits per heavy atom. The summed E-state index contributed by atoms with van der Waals surface area (Å²) in [4.78, 5) is 7.84. The van der Waals surface area contributed by atoms with Crippen LogP contribution in [0.4, 0.5) is 5.69 Å². The van der Waals surface area contributed by atoms with Crippen LogP contribution in [0.15, 0.2) is 44.7 Å². The van der Waals surface area contributed by atoms with Crippen LogP contribution in [0.3, 0.4) is 0 Å². The molecule has 122 valence electrons. The zero-order valence-corrected chi connectivity index (χ0v) is 12.7. The fourth-order valence-electron chi connectivity index (χ4n) is 1.93. The highest BCUT2D eigenvalue weighted by atomic mass is 16.5. The SMILES string of the molecule is CCOc1ccc(-c2ccc(CO)o2)cc1N=C(N)N=C(N)N. The molecule has 0 radical (unpaired) electrons. The smallest absolute Gasteiger partial charge is 0.223 e. The van der Waals surface area contributed by atoms with E-state index < -0.39 is 0 Å². The van der Waals surface area contributed by atoms with E-state index in [-0.39, 0.29) is 18.5 Å². The summed E-state index contributed by atoms with van der Waals surface area (Å²) in [6.45, 7) is 2.17. The first kappa shape index (κ1) is 16.4. The molecule has 0 spiro atoms. The van der Waals surface area contributed by atoms with Crippen LogP contribution in [0.2, 0.25) is 0 Å². The molecule has 8 nitrogen and oxygen atoms in total. The van der Waals surface area contributed by atoms with Gasteiger partial charge in [0.1, 0.15) is 29.6 Å². The van der Waals surface area contributed by atoms with Crippen LogP contribution in [-0.2, 0) is 6.61 Å². The molecule has 0 aliphatic carbocycles. The minimum Gasteiger partial charge on any atom is -0.492 e. The van der Waals surface area contributed by atoms with E-state index in [2.05, 4.69) is 9.98 Å². The van der Waals surface area contributed by atoms with Crippen molar-refractivity contribution in [3.05, 3.63) is 36.1 Å². The van der Waals surface area contributed by atoms with Crippen LogP contribution in [0, 0.1) is 0 Å². The van der Waals surface area contributed by atoms with Crippen LogP contribution in [0.25, 0.3) is 11.3 Å². The van der Waals surface area contributed by atoms with Gasteiger partial charge in [-0.05, 0) is 37.3 Å². The van der Waals surface area contributed by atoms with Crippen molar-refractivity contribution >= 4 is 17.6 Å². The van der Waals surface area contributed by atoms with Crippen LogP contribution in [0.1, 0.15) is 12.7 Å². The molecule has 0 aliphatic heterocycles. The van der Waals surface area contributed by atoms with Crippen molar-refractivity contribution < 1.29 is 14.3 Å². The summed E-state index contributed by atoms with van der Waals surface area (Å²) in [5.41, 5.74) is 17.5. The average molecular weight is 317 g/mol. The minimum atomic E-state index is -0.181. The van der Waals surface area contributed by atoms with Gasteiger partial charge in [-0.25, -0.2) is 4.99 Å². The Balaban J connectivity index is 2.44. The van der Waals surface area contributed by atoms with E-state index in [1.54, 1.807) is 24.3 Å². The highest BCUT2D eigenvalue weighted by molar-refractivity contribution is 5.94. The highest BCUT2D eigenvalue weighted by Gasteiger charge is 2.10. The predicted molar refractivity (Wildman–Crippen MR) is 88.3 cm³/mol. The number of benzene rings is 1. The molecule has 1 heterocycles. The zero-order chi connectivity index (χ0) is 16.8. The molecule has 0 atom stereocenters. The van der Waals surface area contributed by atoms with Gasteiger partial charge < -0.3 is 31.5 Å². The first-order chi connectivity index (χ1) is 11.0. The minimum absolute atomic E-state index is 0.0846. The monoisotopic (exact) mass is 317 g/mol. The van der Waals surface area contributed by atoms with E-state index in [1.807, 2.05) is 13.0 Å². The molecule has 0 bridgehead atoms. The summed E-state index contributed by atoms with van der Waals surface area (Å²) < 4.78 is 11.0. The molecular formula is C15H19N5O3. The number of furan rings is 1. The summed E-state index contributed by atoms with van der Waals surface area (Å²) in [6, 6.07) is 8.76. The lowest BCUT2D eigenvalue weighted by atomic mass is 10.1. The van der Waals surface area contributed by atoms with Crippen LogP contribution < -0.4 is 21.9 Å². The maximum absolute atomic E-state index is 9.08. The lowest BCUT2D eigenvalue weighted by molar-refractivity contribution is 0.248. The first-order valence-electron chi connectivity index (χ1n) is 6.94. The molecule has 0 fully saturated rings. The van der Waals surface area contributed by atoms with Crippen molar-refractivity contribution in [1.29, 1.82) is 0 Å². The standard InChI is InChI=1S/C15H19N5O3/c1-2-22-13-5-3-9(12-6-4-10(8-21)23-12)7-11(13)19-15(18)20-14(16)17/h3-7,21H,2,8H2,1H3,(H6,16,17,18,19,20). The van der Waals surface area contributed by atoms with Crippen molar-refractivity contribution in [2.24, 2.45) is 27.2 Å². The molecule has 7 N–H and O–H groups in total. The van der Waals surface area contributed by atoms with Gasteiger partial charge in [0.2, 0.25) is 5.96 Å². The van der Waals surface area contributed by atoms with Gasteiger partial charge in [-0.15, -0.1) is 0 Å². The van der Waals surface area contributed by atoms with E-state index in [9.17, 15) is 0 Å². The van der Waals surface area contributed by atoms with Crippen LogP contribution in [0.5, 0.6) is 5.75 Å². The van der Waals surface area contributed by atoms with E-state index in [0.29, 0.717) is 29.6 Å². The first-order valence-corrected chi connectivity index (χ1v) is 6.94. The molecule has 0 aliphatic rings. The Labute approximate surface area is 133 Å². The fraction of sp³-hybridized carbons (Fsp3) is 0.200. The van der Waals surface area contributed by atoms with Gasteiger partial charge in [0.05, 0.1) is 6.61 Å². The van der Waals surface area contributed by atoms with Gasteiger partial charge in [-0.2, -0.15) is 4.99 Å². The number of rotatable bonds is 5. The van der Waals surface area contributed by atoms with Crippen LogP contribution >= 0.6 is 0 Å². The van der Waals surface area contributed by atoms with Crippen molar-refractivity contribution in [1.82, 2.24) is 0 Å². The Morgan fingerprint density at radius 3 is 2.61 bits per heavy atom. The number of nitrogens with two attached hydrogens (primary N) is 3. The molecule has 2 aromatic rings. The topological polar surface area (TPSA) is 145 Å². The normalized spacial score (nSPS) is 11.3. The zero-order valence-electron chi connectivity index (χ0n) is 12.7. The number of nitrogens with zero attached hydrogens (tertiary/aromatic N) is 2. The van der Waals surface area contributed by atoms with E-state index >= 15 is 0 Å². The van der Waals surface area contributed by atoms with Crippen molar-refractivity contribution in [2.45, 2.75) is 13.5 Å². The lowest BCUT2D eigenvalue weighted by Crippen LogP contribution is -2.26. The summed E-state index contributed by atoms with van der Waals surface area (Å²) in [7, 11) is 0. The Bertz CT molecular complexity index is 732. The fourth-order valence-corrected chi connectivity index (χ4v) is 1.93. The lowest BCUT2D eigenvalue weighted by Gasteiger charge is -2.08. The number of hydrogen-bond donors (Lipinski definition) is 4.